The van der Waals surface area contributed by atoms with E-state index < -0.39 is 5.60 Å². The second-order valence-electron chi connectivity index (χ2n) is 10.1. The van der Waals surface area contributed by atoms with Gasteiger partial charge in [-0.3, -0.25) is 0 Å². The molecule has 1 aromatic carbocycles. The Bertz CT molecular complexity index is 692. The molecule has 3 rings (SSSR count). The van der Waals surface area contributed by atoms with Crippen LogP contribution >= 0.6 is 0 Å². The monoisotopic (exact) mass is 387 g/mol. The van der Waals surface area contributed by atoms with Gasteiger partial charge in [0.05, 0.1) is 11.2 Å². The molecule has 2 fully saturated rings. The molecule has 154 valence electrons. The van der Waals surface area contributed by atoms with E-state index in [2.05, 4.69) is 57.3 Å². The molecule has 1 aliphatic carbocycles. The standard InChI is InChI=1S/C22H34BNO4/c1-20(2,3)26-19(25)24-18-13-10-16(14-18)15-8-11-17(12-9-15)23-27-21(4,5)22(6,7)28-23/h8-9,11-12,16,18H,10,13-14H2,1-7H3,(H,24,25). The maximum atomic E-state index is 12.0. The van der Waals surface area contributed by atoms with Crippen LogP contribution < -0.4 is 10.8 Å². The third kappa shape index (κ3) is 4.72. The number of hydrogen-bond acceptors (Lipinski definition) is 4. The van der Waals surface area contributed by atoms with Gasteiger partial charge in [0.15, 0.2) is 0 Å². The molecule has 2 unspecified atom stereocenters. The van der Waals surface area contributed by atoms with Crippen LogP contribution in [0.4, 0.5) is 4.79 Å². The first-order chi connectivity index (χ1) is 12.9. The van der Waals surface area contributed by atoms with Crippen LogP contribution in [0.1, 0.15) is 79.2 Å². The molecule has 0 spiro atoms. The van der Waals surface area contributed by atoms with Crippen LogP contribution in [0.25, 0.3) is 0 Å². The molecular weight excluding hydrogens is 353 g/mol. The average Bonchev–Trinajstić information content (AvgIpc) is 3.08. The molecule has 2 aliphatic rings. The minimum absolute atomic E-state index is 0.169. The lowest BCUT2D eigenvalue weighted by molar-refractivity contribution is 0.00578. The topological polar surface area (TPSA) is 56.8 Å². The van der Waals surface area contributed by atoms with E-state index in [0.29, 0.717) is 5.92 Å². The van der Waals surface area contributed by atoms with E-state index in [9.17, 15) is 4.79 Å². The Balaban J connectivity index is 1.57. The molecule has 0 radical (unpaired) electrons. The van der Waals surface area contributed by atoms with Crippen molar-refractivity contribution in [1.29, 1.82) is 0 Å². The van der Waals surface area contributed by atoms with Gasteiger partial charge < -0.3 is 19.4 Å². The first-order valence-corrected chi connectivity index (χ1v) is 10.3. The number of hydrogen-bond donors (Lipinski definition) is 1. The summed E-state index contributed by atoms with van der Waals surface area (Å²) in [5, 5.41) is 3.01. The van der Waals surface area contributed by atoms with Crippen molar-refractivity contribution in [2.24, 2.45) is 0 Å². The second kappa shape index (κ2) is 7.38. The smallest absolute Gasteiger partial charge is 0.444 e. The van der Waals surface area contributed by atoms with Crippen molar-refractivity contribution < 1.29 is 18.8 Å². The molecule has 0 bridgehead atoms. The Kier molecular flexibility index (Phi) is 5.58. The fraction of sp³-hybridized carbons (Fsp3) is 0.682. The van der Waals surface area contributed by atoms with Crippen LogP contribution in [0.2, 0.25) is 0 Å². The number of rotatable bonds is 3. The molecule has 1 saturated heterocycles. The molecule has 1 N–H and O–H groups in total. The van der Waals surface area contributed by atoms with E-state index >= 15 is 0 Å². The van der Waals surface area contributed by atoms with Crippen LogP contribution in [-0.2, 0) is 14.0 Å². The fourth-order valence-corrected chi connectivity index (χ4v) is 3.79. The summed E-state index contributed by atoms with van der Waals surface area (Å²) in [5.41, 5.74) is 1.22. The summed E-state index contributed by atoms with van der Waals surface area (Å²) in [6.07, 6.45) is 2.66. The summed E-state index contributed by atoms with van der Waals surface area (Å²) >= 11 is 0. The number of nitrogens with one attached hydrogen (secondary N) is 1. The van der Waals surface area contributed by atoms with Gasteiger partial charge in [-0.25, -0.2) is 4.79 Å². The zero-order valence-electron chi connectivity index (χ0n) is 18.3. The molecule has 6 heteroatoms. The Labute approximate surface area is 169 Å². The minimum Gasteiger partial charge on any atom is -0.444 e. The summed E-state index contributed by atoms with van der Waals surface area (Å²) in [6.45, 7) is 13.9. The highest BCUT2D eigenvalue weighted by Crippen LogP contribution is 2.37. The number of benzene rings is 1. The van der Waals surface area contributed by atoms with E-state index in [4.69, 9.17) is 14.0 Å². The maximum Gasteiger partial charge on any atom is 0.494 e. The molecule has 2 atom stereocenters. The first kappa shape index (κ1) is 21.2. The Morgan fingerprint density at radius 2 is 1.64 bits per heavy atom. The van der Waals surface area contributed by atoms with Crippen molar-refractivity contribution in [2.45, 2.75) is 96.5 Å². The fourth-order valence-electron chi connectivity index (χ4n) is 3.79. The Morgan fingerprint density at radius 3 is 2.18 bits per heavy atom. The quantitative estimate of drug-likeness (QED) is 0.792. The molecule has 1 amide bonds. The molecule has 1 aromatic rings. The maximum absolute atomic E-state index is 12.0. The summed E-state index contributed by atoms with van der Waals surface area (Å²) < 4.78 is 17.6. The molecule has 0 aromatic heterocycles. The van der Waals surface area contributed by atoms with E-state index in [0.717, 1.165) is 24.7 Å². The van der Waals surface area contributed by atoms with Gasteiger partial charge in [-0.05, 0) is 84.7 Å². The van der Waals surface area contributed by atoms with Crippen LogP contribution in [0.3, 0.4) is 0 Å². The highest BCUT2D eigenvalue weighted by molar-refractivity contribution is 6.62. The van der Waals surface area contributed by atoms with Gasteiger partial charge in [0, 0.05) is 6.04 Å². The number of ether oxygens (including phenoxy) is 1. The first-order valence-electron chi connectivity index (χ1n) is 10.3. The van der Waals surface area contributed by atoms with Gasteiger partial charge in [0.25, 0.3) is 0 Å². The Hall–Kier alpha value is -1.53. The molecular formula is C22H34BNO4. The Morgan fingerprint density at radius 1 is 1.07 bits per heavy atom. The third-order valence-corrected chi connectivity index (χ3v) is 6.09. The summed E-state index contributed by atoms with van der Waals surface area (Å²) in [5.74, 6) is 0.451. The van der Waals surface area contributed by atoms with Gasteiger partial charge in [-0.2, -0.15) is 0 Å². The van der Waals surface area contributed by atoms with Crippen molar-refractivity contribution in [2.75, 3.05) is 0 Å². The lowest BCUT2D eigenvalue weighted by atomic mass is 9.78. The van der Waals surface area contributed by atoms with Gasteiger partial charge >= 0.3 is 13.2 Å². The predicted molar refractivity (Wildman–Crippen MR) is 112 cm³/mol. The van der Waals surface area contributed by atoms with Crippen LogP contribution in [-0.4, -0.2) is 36.1 Å². The van der Waals surface area contributed by atoms with E-state index in [-0.39, 0.29) is 30.5 Å². The summed E-state index contributed by atoms with van der Waals surface area (Å²) in [6, 6.07) is 8.71. The highest BCUT2D eigenvalue weighted by Gasteiger charge is 2.51. The van der Waals surface area contributed by atoms with E-state index in [1.54, 1.807) is 0 Å². The van der Waals surface area contributed by atoms with Crippen molar-refractivity contribution in [3.8, 4) is 0 Å². The third-order valence-electron chi connectivity index (χ3n) is 6.09. The van der Waals surface area contributed by atoms with Gasteiger partial charge in [0.2, 0.25) is 0 Å². The molecule has 5 nitrogen and oxygen atoms in total. The molecule has 1 heterocycles. The molecule has 28 heavy (non-hydrogen) atoms. The van der Waals surface area contributed by atoms with E-state index in [1.807, 2.05) is 20.8 Å². The van der Waals surface area contributed by atoms with Crippen LogP contribution in [0.5, 0.6) is 0 Å². The number of carbonyl (C=O) groups excluding carboxylic acids is 1. The van der Waals surface area contributed by atoms with Crippen molar-refractivity contribution in [3.63, 3.8) is 0 Å². The van der Waals surface area contributed by atoms with E-state index in [1.165, 1.54) is 5.56 Å². The zero-order chi connectivity index (χ0) is 20.7. The number of carbonyl (C=O) groups is 1. The SMILES string of the molecule is CC(C)(C)OC(=O)NC1CCC(c2ccc(B3OC(C)(C)C(C)(C)O3)cc2)C1. The van der Waals surface area contributed by atoms with Gasteiger partial charge in [-0.15, -0.1) is 0 Å². The lowest BCUT2D eigenvalue weighted by Gasteiger charge is -2.32. The lowest BCUT2D eigenvalue weighted by Crippen LogP contribution is -2.41. The molecule has 1 saturated carbocycles. The van der Waals surface area contributed by atoms with Crippen molar-refractivity contribution in [1.82, 2.24) is 5.32 Å². The summed E-state index contributed by atoms with van der Waals surface area (Å²) in [4.78, 5) is 12.0. The van der Waals surface area contributed by atoms with Crippen LogP contribution in [0, 0.1) is 0 Å². The van der Waals surface area contributed by atoms with Crippen molar-refractivity contribution in [3.05, 3.63) is 29.8 Å². The summed E-state index contributed by atoms with van der Waals surface area (Å²) in [7, 11) is -0.329. The minimum atomic E-state index is -0.467. The second-order valence-corrected chi connectivity index (χ2v) is 10.1. The van der Waals surface area contributed by atoms with Gasteiger partial charge in [0.1, 0.15) is 5.60 Å². The van der Waals surface area contributed by atoms with Crippen molar-refractivity contribution >= 4 is 18.7 Å². The number of amides is 1. The highest BCUT2D eigenvalue weighted by atomic mass is 16.7. The number of alkyl carbamates (subject to hydrolysis) is 1. The molecule has 1 aliphatic heterocycles. The van der Waals surface area contributed by atoms with Gasteiger partial charge in [-0.1, -0.05) is 24.3 Å². The van der Waals surface area contributed by atoms with Crippen LogP contribution in [0.15, 0.2) is 24.3 Å². The average molecular weight is 387 g/mol. The normalized spacial score (nSPS) is 26.3. The predicted octanol–water partition coefficient (Wildman–Crippen LogP) is 4.15. The largest absolute Gasteiger partial charge is 0.494 e. The zero-order valence-corrected chi connectivity index (χ0v) is 18.3.